The first-order valence-electron chi connectivity index (χ1n) is 11.6. The zero-order valence-electron chi connectivity index (χ0n) is 20.8. The molecule has 0 aliphatic heterocycles. The monoisotopic (exact) mass is 515 g/mol. The average Bonchev–Trinajstić information content (AvgIpc) is 2.84. The first kappa shape index (κ1) is 29.0. The molecule has 0 bridgehead atoms. The van der Waals surface area contributed by atoms with Gasteiger partial charge in [0.1, 0.15) is 35.7 Å². The van der Waals surface area contributed by atoms with Gasteiger partial charge in [0.25, 0.3) is 0 Å². The number of benzene rings is 3. The van der Waals surface area contributed by atoms with Gasteiger partial charge in [0.05, 0.1) is 12.2 Å². The zero-order valence-corrected chi connectivity index (χ0v) is 21.6. The predicted molar refractivity (Wildman–Crippen MR) is 142 cm³/mol. The quantitative estimate of drug-likeness (QED) is 0.287. The molecule has 7 nitrogen and oxygen atoms in total. The molecule has 194 valence electrons. The van der Waals surface area contributed by atoms with Crippen molar-refractivity contribution in [2.45, 2.75) is 38.8 Å². The average molecular weight is 516 g/mol. The second kappa shape index (κ2) is 13.7. The van der Waals surface area contributed by atoms with Crippen LogP contribution in [0.5, 0.6) is 23.0 Å². The van der Waals surface area contributed by atoms with Crippen LogP contribution in [0.25, 0.3) is 0 Å². The van der Waals surface area contributed by atoms with Crippen molar-refractivity contribution < 1.29 is 29.2 Å². The maximum atomic E-state index is 11.8. The minimum atomic E-state index is -0.672. The van der Waals surface area contributed by atoms with E-state index in [0.29, 0.717) is 36.0 Å². The molecule has 0 spiro atoms. The fraction of sp³-hybridized carbons (Fsp3) is 0.321. The summed E-state index contributed by atoms with van der Waals surface area (Å²) in [5.41, 5.74) is 1.37. The molecule has 0 amide bonds. The van der Waals surface area contributed by atoms with Crippen LogP contribution in [0.1, 0.15) is 36.7 Å². The van der Waals surface area contributed by atoms with E-state index >= 15 is 0 Å². The third-order valence-electron chi connectivity index (χ3n) is 5.27. The highest BCUT2D eigenvalue weighted by molar-refractivity contribution is 5.89. The van der Waals surface area contributed by atoms with Crippen molar-refractivity contribution in [2.24, 2.45) is 0 Å². The Morgan fingerprint density at radius 2 is 1.47 bits per heavy atom. The summed E-state index contributed by atoms with van der Waals surface area (Å²) in [6, 6.07) is 21.1. The summed E-state index contributed by atoms with van der Waals surface area (Å²) >= 11 is 0. The van der Waals surface area contributed by atoms with Crippen molar-refractivity contribution in [2.75, 3.05) is 19.8 Å². The molecule has 3 aromatic rings. The Bertz CT molecular complexity index is 1070. The lowest BCUT2D eigenvalue weighted by Crippen LogP contribution is -2.46. The molecule has 0 heterocycles. The summed E-state index contributed by atoms with van der Waals surface area (Å²) in [5.74, 6) is 1.75. The Kier molecular flexibility index (Phi) is 11.0. The molecule has 36 heavy (non-hydrogen) atoms. The van der Waals surface area contributed by atoms with Crippen molar-refractivity contribution in [3.05, 3.63) is 83.9 Å². The third-order valence-corrected chi connectivity index (χ3v) is 5.27. The molecule has 0 aliphatic rings. The van der Waals surface area contributed by atoms with Gasteiger partial charge in [-0.3, -0.25) is 0 Å². The molecule has 0 saturated heterocycles. The van der Waals surface area contributed by atoms with Crippen LogP contribution in [-0.2, 0) is 11.2 Å². The number of carbonyl (C=O) groups excluding carboxylic acids is 1. The molecule has 0 saturated carbocycles. The highest BCUT2D eigenvalue weighted by Gasteiger charge is 2.19. The number of carbonyl (C=O) groups is 1. The summed E-state index contributed by atoms with van der Waals surface area (Å²) in [5, 5.41) is 23.0. The number of phenolic OH excluding ortho intramolecular Hbond substituents is 1. The first-order chi connectivity index (χ1) is 16.7. The Labute approximate surface area is 218 Å². The Morgan fingerprint density at radius 3 is 2.06 bits per heavy atom. The van der Waals surface area contributed by atoms with E-state index in [9.17, 15) is 15.0 Å². The number of phenols is 1. The van der Waals surface area contributed by atoms with Gasteiger partial charge in [0.2, 0.25) is 0 Å². The Balaban J connectivity index is 0.00000456. The zero-order chi connectivity index (χ0) is 25.3. The maximum Gasteiger partial charge on any atom is 0.338 e. The van der Waals surface area contributed by atoms with E-state index in [1.165, 1.54) is 0 Å². The van der Waals surface area contributed by atoms with Crippen molar-refractivity contribution in [3.63, 3.8) is 0 Å². The van der Waals surface area contributed by atoms with Crippen molar-refractivity contribution in [1.82, 2.24) is 5.32 Å². The van der Waals surface area contributed by atoms with Crippen LogP contribution in [0, 0.1) is 0 Å². The minimum absolute atomic E-state index is 0. The van der Waals surface area contributed by atoms with Crippen LogP contribution in [0.4, 0.5) is 0 Å². The lowest BCUT2D eigenvalue weighted by atomic mass is 9.94. The fourth-order valence-electron chi connectivity index (χ4n) is 3.45. The molecule has 0 aliphatic carbocycles. The van der Waals surface area contributed by atoms with E-state index in [2.05, 4.69) is 19.2 Å². The van der Waals surface area contributed by atoms with Crippen LogP contribution in [0.15, 0.2) is 72.8 Å². The van der Waals surface area contributed by atoms with Gasteiger partial charge in [-0.25, -0.2) is 4.79 Å². The lowest BCUT2D eigenvalue weighted by molar-refractivity contribution is 0.0526. The number of hydrogen-bond donors (Lipinski definition) is 3. The van der Waals surface area contributed by atoms with Crippen molar-refractivity contribution in [1.29, 1.82) is 0 Å². The molecule has 0 unspecified atom stereocenters. The number of ether oxygens (including phenoxy) is 3. The minimum Gasteiger partial charge on any atom is -0.508 e. The van der Waals surface area contributed by atoms with Gasteiger partial charge in [-0.1, -0.05) is 12.1 Å². The van der Waals surface area contributed by atoms with Crippen molar-refractivity contribution >= 4 is 18.4 Å². The highest BCUT2D eigenvalue weighted by atomic mass is 35.5. The molecular weight excluding hydrogens is 482 g/mol. The molecule has 3 N–H and O–H groups in total. The second-order valence-corrected chi connectivity index (χ2v) is 8.89. The van der Waals surface area contributed by atoms with E-state index in [4.69, 9.17) is 14.2 Å². The van der Waals surface area contributed by atoms with Gasteiger partial charge < -0.3 is 29.7 Å². The molecule has 8 heteroatoms. The molecular formula is C28H34ClNO6. The van der Waals surface area contributed by atoms with Gasteiger partial charge in [-0.2, -0.15) is 0 Å². The van der Waals surface area contributed by atoms with E-state index in [1.54, 1.807) is 55.5 Å². The molecule has 0 radical (unpaired) electrons. The summed E-state index contributed by atoms with van der Waals surface area (Å²) < 4.78 is 16.4. The smallest absolute Gasteiger partial charge is 0.338 e. The van der Waals surface area contributed by atoms with Gasteiger partial charge in [0.15, 0.2) is 0 Å². The fourth-order valence-corrected chi connectivity index (χ4v) is 3.45. The van der Waals surface area contributed by atoms with E-state index in [-0.39, 0.29) is 36.3 Å². The van der Waals surface area contributed by atoms with Gasteiger partial charge in [0, 0.05) is 12.1 Å². The number of esters is 1. The Hall–Kier alpha value is -3.26. The van der Waals surface area contributed by atoms with E-state index in [1.807, 2.05) is 24.3 Å². The van der Waals surface area contributed by atoms with E-state index in [0.717, 1.165) is 12.0 Å². The first-order valence-corrected chi connectivity index (χ1v) is 11.6. The van der Waals surface area contributed by atoms with Crippen LogP contribution in [-0.4, -0.2) is 47.6 Å². The standard InChI is InChI=1S/C28H33NO6.ClH/c1-4-33-27(32)21-7-13-26(14-8-21)35-25-11-5-20(6-12-25)17-28(2,3)29-18-23(31)19-34-24-15-9-22(30)10-16-24;/h5-16,23,29-31H,4,17-19H2,1-3H3;1H/t23-;/m0./s1. The van der Waals surface area contributed by atoms with Crippen LogP contribution in [0.3, 0.4) is 0 Å². The number of nitrogens with one attached hydrogen (secondary N) is 1. The number of hydrogen-bond acceptors (Lipinski definition) is 7. The Morgan fingerprint density at radius 1 is 0.917 bits per heavy atom. The summed E-state index contributed by atoms with van der Waals surface area (Å²) in [6.45, 7) is 6.81. The van der Waals surface area contributed by atoms with Gasteiger partial charge in [-0.05, 0) is 93.4 Å². The number of aliphatic hydroxyl groups is 1. The number of halogens is 1. The SMILES string of the molecule is CCOC(=O)c1ccc(Oc2ccc(CC(C)(C)NC[C@H](O)COc3ccc(O)cc3)cc2)cc1.Cl. The predicted octanol–water partition coefficient (Wildman–Crippen LogP) is 5.13. The summed E-state index contributed by atoms with van der Waals surface area (Å²) in [7, 11) is 0. The topological polar surface area (TPSA) is 97.3 Å². The second-order valence-electron chi connectivity index (χ2n) is 8.89. The normalized spacial score (nSPS) is 11.8. The van der Waals surface area contributed by atoms with Crippen LogP contribution in [0.2, 0.25) is 0 Å². The third kappa shape index (κ3) is 9.41. The van der Waals surface area contributed by atoms with Gasteiger partial charge >= 0.3 is 5.97 Å². The maximum absolute atomic E-state index is 11.8. The molecule has 1 atom stereocenters. The van der Waals surface area contributed by atoms with Crippen LogP contribution >= 0.6 is 12.4 Å². The molecule has 0 aromatic heterocycles. The molecule has 0 fully saturated rings. The number of β-amino-alcohol motifs (C(OH)–C–C–N with tert-alkyl or cyclic N) is 1. The largest absolute Gasteiger partial charge is 0.508 e. The lowest BCUT2D eigenvalue weighted by Gasteiger charge is -2.28. The number of aliphatic hydroxyl groups excluding tert-OH is 1. The van der Waals surface area contributed by atoms with Crippen molar-refractivity contribution in [3.8, 4) is 23.0 Å². The summed E-state index contributed by atoms with van der Waals surface area (Å²) in [6.07, 6.45) is 0.0848. The summed E-state index contributed by atoms with van der Waals surface area (Å²) in [4.78, 5) is 11.8. The number of aromatic hydroxyl groups is 1. The molecule has 3 rings (SSSR count). The van der Waals surface area contributed by atoms with Gasteiger partial charge in [-0.15, -0.1) is 12.4 Å². The highest BCUT2D eigenvalue weighted by Crippen LogP contribution is 2.24. The van der Waals surface area contributed by atoms with E-state index < -0.39 is 6.10 Å². The number of rotatable bonds is 12. The van der Waals surface area contributed by atoms with Crippen LogP contribution < -0.4 is 14.8 Å². The molecule has 3 aromatic carbocycles.